The highest BCUT2D eigenvalue weighted by atomic mass is 32.1. The van der Waals surface area contributed by atoms with Gasteiger partial charge in [-0.2, -0.15) is 0 Å². The molecule has 0 aliphatic carbocycles. The fourth-order valence-corrected chi connectivity index (χ4v) is 4.53. The molecular weight excluding hydrogens is 382 g/mol. The molecule has 1 atom stereocenters. The van der Waals surface area contributed by atoms with E-state index in [-0.39, 0.29) is 5.91 Å². The monoisotopic (exact) mass is 399 g/mol. The predicted octanol–water partition coefficient (Wildman–Crippen LogP) is 4.23. The Balaban J connectivity index is 1.42. The minimum absolute atomic E-state index is 0.313. The lowest BCUT2D eigenvalue weighted by atomic mass is 10.1. The highest BCUT2D eigenvalue weighted by molar-refractivity contribution is 7.17. The van der Waals surface area contributed by atoms with E-state index in [2.05, 4.69) is 5.32 Å². The minimum atomic E-state index is -0.861. The Morgan fingerprint density at radius 1 is 1.26 bits per heavy atom. The van der Waals surface area contributed by atoms with Gasteiger partial charge in [0, 0.05) is 20.9 Å². The molecule has 7 heteroatoms. The van der Waals surface area contributed by atoms with Crippen molar-refractivity contribution in [2.24, 2.45) is 0 Å². The first-order valence-corrected chi connectivity index (χ1v) is 10.2. The van der Waals surface area contributed by atoms with Crippen LogP contribution >= 0.6 is 22.7 Å². The number of rotatable bonds is 5. The molecule has 0 unspecified atom stereocenters. The molecule has 1 aliphatic heterocycles. The van der Waals surface area contributed by atoms with Crippen molar-refractivity contribution < 1.29 is 19.1 Å². The largest absolute Gasteiger partial charge is 0.488 e. The van der Waals surface area contributed by atoms with E-state index in [1.165, 1.54) is 11.3 Å². The molecule has 0 bridgehead atoms. The van der Waals surface area contributed by atoms with Crippen molar-refractivity contribution in [1.82, 2.24) is 5.32 Å². The molecule has 5 nitrogen and oxygen atoms in total. The third-order valence-electron chi connectivity index (χ3n) is 4.20. The second-order valence-corrected chi connectivity index (χ2v) is 8.18. The number of carbonyl (C=O) groups excluding carboxylic acids is 2. The lowest BCUT2D eigenvalue weighted by molar-refractivity contribution is -0.129. The highest BCUT2D eigenvalue weighted by Crippen LogP contribution is 2.42. The molecule has 27 heavy (non-hydrogen) atoms. The van der Waals surface area contributed by atoms with Gasteiger partial charge in [-0.25, -0.2) is 4.79 Å². The van der Waals surface area contributed by atoms with E-state index in [9.17, 15) is 9.59 Å². The summed E-state index contributed by atoms with van der Waals surface area (Å²) in [5, 5.41) is 4.73. The lowest BCUT2D eigenvalue weighted by Gasteiger charge is -2.16. The maximum atomic E-state index is 12.5. The molecule has 138 valence electrons. The Labute approximate surface area is 164 Å². The summed E-state index contributed by atoms with van der Waals surface area (Å²) >= 11 is 2.93. The zero-order valence-electron chi connectivity index (χ0n) is 14.6. The molecule has 3 aromatic rings. The van der Waals surface area contributed by atoms with Gasteiger partial charge in [-0.05, 0) is 36.6 Å². The van der Waals surface area contributed by atoms with Crippen LogP contribution in [0.25, 0.3) is 10.4 Å². The number of hydrogen-bond donors (Lipinski definition) is 1. The van der Waals surface area contributed by atoms with Gasteiger partial charge in [0.05, 0.1) is 6.54 Å². The van der Waals surface area contributed by atoms with Gasteiger partial charge in [0.15, 0.2) is 6.10 Å². The van der Waals surface area contributed by atoms with E-state index in [0.717, 1.165) is 26.6 Å². The summed E-state index contributed by atoms with van der Waals surface area (Å²) in [5.74, 6) is 0.00509. The molecule has 0 spiro atoms. The Kier molecular flexibility index (Phi) is 4.96. The number of fused-ring (bicyclic) bond motifs is 3. The van der Waals surface area contributed by atoms with Crippen LogP contribution in [-0.4, -0.2) is 18.0 Å². The maximum absolute atomic E-state index is 12.5. The van der Waals surface area contributed by atoms with Crippen LogP contribution in [0.5, 0.6) is 5.75 Å². The standard InChI is InChI=1S/C20H17NO4S2/c1-12(19(22)21-10-14-5-4-8-26-14)25-20(23)17-9-13-11-24-16-7-3-2-6-15(16)18(13)27-17/h2-9,12H,10-11H2,1H3,(H,21,22)/t12-/m1/s1. The van der Waals surface area contributed by atoms with Crippen molar-refractivity contribution >= 4 is 34.6 Å². The summed E-state index contributed by atoms with van der Waals surface area (Å²) in [7, 11) is 0. The van der Waals surface area contributed by atoms with Crippen molar-refractivity contribution in [1.29, 1.82) is 0 Å². The Morgan fingerprint density at radius 2 is 2.11 bits per heavy atom. The van der Waals surface area contributed by atoms with E-state index >= 15 is 0 Å². The molecule has 0 radical (unpaired) electrons. The number of benzene rings is 1. The third-order valence-corrected chi connectivity index (χ3v) is 6.26. The van der Waals surface area contributed by atoms with Crippen LogP contribution in [0.15, 0.2) is 47.8 Å². The zero-order valence-corrected chi connectivity index (χ0v) is 16.2. The molecule has 1 aliphatic rings. The molecule has 0 fully saturated rings. The van der Waals surface area contributed by atoms with Gasteiger partial charge in [0.1, 0.15) is 17.2 Å². The van der Waals surface area contributed by atoms with Crippen LogP contribution in [0.3, 0.4) is 0 Å². The lowest BCUT2D eigenvalue weighted by Crippen LogP contribution is -2.35. The molecule has 0 saturated carbocycles. The van der Waals surface area contributed by atoms with Crippen LogP contribution in [0.4, 0.5) is 0 Å². The second kappa shape index (κ2) is 7.54. The average Bonchev–Trinajstić information content (AvgIpc) is 3.35. The Bertz CT molecular complexity index is 978. The van der Waals surface area contributed by atoms with Crippen molar-refractivity contribution in [3.8, 4) is 16.2 Å². The Hall–Kier alpha value is -2.64. The number of thiophene rings is 2. The van der Waals surface area contributed by atoms with Gasteiger partial charge in [-0.15, -0.1) is 22.7 Å². The summed E-state index contributed by atoms with van der Waals surface area (Å²) in [6.07, 6.45) is -0.861. The summed E-state index contributed by atoms with van der Waals surface area (Å²) in [6.45, 7) is 2.43. The quantitative estimate of drug-likeness (QED) is 0.652. The first kappa shape index (κ1) is 17.8. The van der Waals surface area contributed by atoms with E-state index in [1.807, 2.05) is 41.8 Å². The molecule has 0 saturated heterocycles. The number of amides is 1. The SMILES string of the molecule is C[C@@H](OC(=O)c1cc2c(s1)-c1ccccc1OC2)C(=O)NCc1cccs1. The summed E-state index contributed by atoms with van der Waals surface area (Å²) in [6, 6.07) is 13.4. The number of hydrogen-bond acceptors (Lipinski definition) is 6. The molecule has 3 heterocycles. The van der Waals surface area contributed by atoms with Crippen LogP contribution in [0.2, 0.25) is 0 Å². The van der Waals surface area contributed by atoms with E-state index in [1.54, 1.807) is 24.3 Å². The van der Waals surface area contributed by atoms with Crippen LogP contribution in [0, 0.1) is 0 Å². The minimum Gasteiger partial charge on any atom is -0.488 e. The second-order valence-electron chi connectivity index (χ2n) is 6.09. The summed E-state index contributed by atoms with van der Waals surface area (Å²) in [4.78, 5) is 27.2. The van der Waals surface area contributed by atoms with Crippen molar-refractivity contribution in [3.63, 3.8) is 0 Å². The fraction of sp³-hybridized carbons (Fsp3) is 0.200. The molecule has 1 N–H and O–H groups in total. The van der Waals surface area contributed by atoms with E-state index < -0.39 is 12.1 Å². The van der Waals surface area contributed by atoms with Gasteiger partial charge in [0.25, 0.3) is 5.91 Å². The smallest absolute Gasteiger partial charge is 0.349 e. The maximum Gasteiger partial charge on any atom is 0.349 e. The van der Waals surface area contributed by atoms with Gasteiger partial charge in [0.2, 0.25) is 0 Å². The van der Waals surface area contributed by atoms with Crippen LogP contribution in [0.1, 0.15) is 27.0 Å². The van der Waals surface area contributed by atoms with Gasteiger partial charge >= 0.3 is 5.97 Å². The third kappa shape index (κ3) is 3.74. The van der Waals surface area contributed by atoms with Gasteiger partial charge in [-0.3, -0.25) is 4.79 Å². The molecular formula is C20H17NO4S2. The van der Waals surface area contributed by atoms with Gasteiger partial charge < -0.3 is 14.8 Å². The summed E-state index contributed by atoms with van der Waals surface area (Å²) in [5.41, 5.74) is 1.94. The molecule has 1 amide bonds. The first-order chi connectivity index (χ1) is 13.1. The summed E-state index contributed by atoms with van der Waals surface area (Å²) < 4.78 is 11.1. The molecule has 1 aromatic carbocycles. The van der Waals surface area contributed by atoms with Crippen molar-refractivity contribution in [3.05, 3.63) is 63.2 Å². The number of esters is 1. The van der Waals surface area contributed by atoms with Crippen LogP contribution < -0.4 is 10.1 Å². The molecule has 4 rings (SSSR count). The average molecular weight is 399 g/mol. The van der Waals surface area contributed by atoms with E-state index in [0.29, 0.717) is 18.0 Å². The normalized spacial score (nSPS) is 13.1. The number of para-hydroxylation sites is 1. The van der Waals surface area contributed by atoms with Crippen molar-refractivity contribution in [2.45, 2.75) is 26.2 Å². The highest BCUT2D eigenvalue weighted by Gasteiger charge is 2.25. The van der Waals surface area contributed by atoms with Gasteiger partial charge in [-0.1, -0.05) is 18.2 Å². The van der Waals surface area contributed by atoms with Crippen molar-refractivity contribution in [2.75, 3.05) is 0 Å². The zero-order chi connectivity index (χ0) is 18.8. The van der Waals surface area contributed by atoms with E-state index in [4.69, 9.17) is 9.47 Å². The first-order valence-electron chi connectivity index (χ1n) is 8.48. The number of nitrogens with one attached hydrogen (secondary N) is 1. The number of carbonyl (C=O) groups is 2. The topological polar surface area (TPSA) is 64.6 Å². The fourth-order valence-electron chi connectivity index (χ4n) is 2.80. The number of ether oxygens (including phenoxy) is 2. The Morgan fingerprint density at radius 3 is 2.93 bits per heavy atom. The predicted molar refractivity (Wildman–Crippen MR) is 105 cm³/mol. The molecule has 2 aromatic heterocycles. The van der Waals surface area contributed by atoms with Crippen LogP contribution in [-0.2, 0) is 22.7 Å².